The van der Waals surface area contributed by atoms with Gasteiger partial charge in [0.25, 0.3) is 0 Å². The minimum atomic E-state index is -0.279. The summed E-state index contributed by atoms with van der Waals surface area (Å²) in [6, 6.07) is 1.90. The fourth-order valence-electron chi connectivity index (χ4n) is 1.73. The minimum Gasteiger partial charge on any atom is -0.402 e. The van der Waals surface area contributed by atoms with Crippen LogP contribution in [0.2, 0.25) is 0 Å². The van der Waals surface area contributed by atoms with Gasteiger partial charge in [0.2, 0.25) is 0 Å². The molecule has 5 heteroatoms. The van der Waals surface area contributed by atoms with E-state index in [9.17, 15) is 0 Å². The van der Waals surface area contributed by atoms with Crippen LogP contribution in [-0.4, -0.2) is 28.1 Å². The Balaban J connectivity index is 2.15. The lowest BCUT2D eigenvalue weighted by atomic mass is 9.80. The summed E-state index contributed by atoms with van der Waals surface area (Å²) in [6.07, 6.45) is 3.69. The molecule has 1 aromatic heterocycles. The minimum absolute atomic E-state index is 0.0797. The zero-order chi connectivity index (χ0) is 12.0. The molecule has 16 heavy (non-hydrogen) atoms. The second-order valence-corrected chi connectivity index (χ2v) is 5.35. The van der Waals surface area contributed by atoms with E-state index in [4.69, 9.17) is 9.31 Å². The maximum atomic E-state index is 5.97. The summed E-state index contributed by atoms with van der Waals surface area (Å²) in [7, 11) is -0.245. The molecule has 2 rings (SSSR count). The van der Waals surface area contributed by atoms with Gasteiger partial charge in [0.1, 0.15) is 0 Å². The van der Waals surface area contributed by atoms with Gasteiger partial charge in [-0.25, -0.2) is 0 Å². The van der Waals surface area contributed by atoms with Gasteiger partial charge >= 0.3 is 7.12 Å². The lowest BCUT2D eigenvalue weighted by Gasteiger charge is -2.32. The van der Waals surface area contributed by atoms with Crippen LogP contribution in [0.1, 0.15) is 40.6 Å². The quantitative estimate of drug-likeness (QED) is 0.718. The van der Waals surface area contributed by atoms with E-state index in [1.807, 2.05) is 16.9 Å². The SMILES string of the molecule is CC(B1OC(C)(C)C(C)(C)O1)n1cccn1. The molecular formula is C11H19BN2O2. The topological polar surface area (TPSA) is 36.3 Å². The molecule has 88 valence electrons. The molecule has 0 radical (unpaired) electrons. The number of hydrogen-bond acceptors (Lipinski definition) is 3. The second kappa shape index (κ2) is 3.60. The van der Waals surface area contributed by atoms with Crippen molar-refractivity contribution in [3.8, 4) is 0 Å². The third-order valence-electron chi connectivity index (χ3n) is 3.61. The molecule has 0 bridgehead atoms. The lowest BCUT2D eigenvalue weighted by Crippen LogP contribution is -2.41. The molecule has 1 atom stereocenters. The van der Waals surface area contributed by atoms with Crippen molar-refractivity contribution in [2.75, 3.05) is 0 Å². The third kappa shape index (κ3) is 1.78. The van der Waals surface area contributed by atoms with Crippen molar-refractivity contribution in [2.45, 2.75) is 51.8 Å². The Morgan fingerprint density at radius 3 is 2.19 bits per heavy atom. The van der Waals surface area contributed by atoms with Crippen molar-refractivity contribution in [1.29, 1.82) is 0 Å². The molecule has 0 amide bonds. The molecule has 0 saturated carbocycles. The average Bonchev–Trinajstić information content (AvgIpc) is 2.72. The van der Waals surface area contributed by atoms with E-state index < -0.39 is 0 Å². The largest absolute Gasteiger partial charge is 0.484 e. The van der Waals surface area contributed by atoms with Gasteiger partial charge in [0.15, 0.2) is 0 Å². The van der Waals surface area contributed by atoms with Gasteiger partial charge in [-0.15, -0.1) is 0 Å². The first-order chi connectivity index (χ1) is 7.33. The number of rotatable bonds is 2. The van der Waals surface area contributed by atoms with Crippen LogP contribution in [0.5, 0.6) is 0 Å². The van der Waals surface area contributed by atoms with Crippen molar-refractivity contribution in [1.82, 2.24) is 9.78 Å². The maximum absolute atomic E-state index is 5.97. The standard InChI is InChI=1S/C11H19BN2O2/c1-9(14-8-6-7-13-14)12-15-10(2,3)11(4,5)16-12/h6-9H,1-5H3. The normalized spacial score (nSPS) is 24.7. The molecule has 0 spiro atoms. The van der Waals surface area contributed by atoms with Crippen LogP contribution in [0.4, 0.5) is 0 Å². The van der Waals surface area contributed by atoms with Crippen molar-refractivity contribution in [2.24, 2.45) is 0 Å². The second-order valence-electron chi connectivity index (χ2n) is 5.35. The van der Waals surface area contributed by atoms with E-state index in [-0.39, 0.29) is 24.3 Å². The zero-order valence-electron chi connectivity index (χ0n) is 10.6. The highest BCUT2D eigenvalue weighted by atomic mass is 16.7. The summed E-state index contributed by atoms with van der Waals surface area (Å²) in [4.78, 5) is 0. The molecule has 1 unspecified atom stereocenters. The predicted octanol–water partition coefficient (Wildman–Crippen LogP) is 2.08. The highest BCUT2D eigenvalue weighted by Crippen LogP contribution is 2.39. The molecule has 4 nitrogen and oxygen atoms in total. The van der Waals surface area contributed by atoms with Crippen LogP contribution >= 0.6 is 0 Å². The monoisotopic (exact) mass is 222 g/mol. The molecule has 1 saturated heterocycles. The molecule has 0 aliphatic carbocycles. The molecule has 1 aliphatic rings. The lowest BCUT2D eigenvalue weighted by molar-refractivity contribution is 0.00578. The number of nitrogens with zero attached hydrogens (tertiary/aromatic N) is 2. The summed E-state index contributed by atoms with van der Waals surface area (Å²) in [5.41, 5.74) is -0.557. The molecular weight excluding hydrogens is 203 g/mol. The van der Waals surface area contributed by atoms with Crippen LogP contribution in [0.3, 0.4) is 0 Å². The molecule has 1 fully saturated rings. The summed E-state index contributed by atoms with van der Waals surface area (Å²) in [6.45, 7) is 10.3. The number of aromatic nitrogens is 2. The van der Waals surface area contributed by atoms with E-state index in [2.05, 4.69) is 39.7 Å². The van der Waals surface area contributed by atoms with Gasteiger partial charge in [-0.1, -0.05) is 0 Å². The Kier molecular flexibility index (Phi) is 2.63. The van der Waals surface area contributed by atoms with Gasteiger partial charge in [-0.3, -0.25) is 4.68 Å². The maximum Gasteiger partial charge on any atom is 0.484 e. The highest BCUT2D eigenvalue weighted by Gasteiger charge is 2.53. The predicted molar refractivity (Wildman–Crippen MR) is 63.0 cm³/mol. The summed E-state index contributed by atoms with van der Waals surface area (Å²) in [5.74, 6) is 0.0797. The summed E-state index contributed by atoms with van der Waals surface area (Å²) >= 11 is 0. The Hall–Kier alpha value is -0.805. The van der Waals surface area contributed by atoms with Gasteiger partial charge in [0, 0.05) is 12.4 Å². The Morgan fingerprint density at radius 2 is 1.75 bits per heavy atom. The average molecular weight is 222 g/mol. The summed E-state index contributed by atoms with van der Waals surface area (Å²) < 4.78 is 13.8. The molecule has 2 heterocycles. The van der Waals surface area contributed by atoms with E-state index >= 15 is 0 Å². The van der Waals surface area contributed by atoms with Crippen LogP contribution < -0.4 is 0 Å². The third-order valence-corrected chi connectivity index (χ3v) is 3.61. The molecule has 1 aliphatic heterocycles. The highest BCUT2D eigenvalue weighted by molar-refractivity contribution is 6.46. The molecule has 0 aromatic carbocycles. The summed E-state index contributed by atoms with van der Waals surface area (Å²) in [5, 5.41) is 4.21. The van der Waals surface area contributed by atoms with Gasteiger partial charge in [-0.2, -0.15) is 5.10 Å². The van der Waals surface area contributed by atoms with Gasteiger partial charge in [0.05, 0.1) is 17.1 Å². The van der Waals surface area contributed by atoms with Crippen LogP contribution in [0.25, 0.3) is 0 Å². The Morgan fingerprint density at radius 1 is 1.19 bits per heavy atom. The Bertz CT molecular complexity index is 346. The van der Waals surface area contributed by atoms with Crippen LogP contribution in [-0.2, 0) is 9.31 Å². The first-order valence-corrected chi connectivity index (χ1v) is 5.68. The van der Waals surface area contributed by atoms with Crippen LogP contribution in [0.15, 0.2) is 18.5 Å². The first kappa shape index (κ1) is 11.7. The fourth-order valence-corrected chi connectivity index (χ4v) is 1.73. The molecule has 0 N–H and O–H groups in total. The molecule has 1 aromatic rings. The zero-order valence-corrected chi connectivity index (χ0v) is 10.6. The van der Waals surface area contributed by atoms with Gasteiger partial charge < -0.3 is 9.31 Å². The van der Waals surface area contributed by atoms with E-state index in [1.165, 1.54) is 0 Å². The first-order valence-electron chi connectivity index (χ1n) is 5.68. The van der Waals surface area contributed by atoms with E-state index in [0.717, 1.165) is 0 Å². The Labute approximate surface area is 97.1 Å². The van der Waals surface area contributed by atoms with Crippen LogP contribution in [0, 0.1) is 0 Å². The number of hydrogen-bond donors (Lipinski definition) is 0. The van der Waals surface area contributed by atoms with Crippen molar-refractivity contribution in [3.63, 3.8) is 0 Å². The van der Waals surface area contributed by atoms with E-state index in [1.54, 1.807) is 6.20 Å². The smallest absolute Gasteiger partial charge is 0.402 e. The van der Waals surface area contributed by atoms with Crippen molar-refractivity contribution in [3.05, 3.63) is 18.5 Å². The fraction of sp³-hybridized carbons (Fsp3) is 0.727. The van der Waals surface area contributed by atoms with Crippen molar-refractivity contribution >= 4 is 7.12 Å². The van der Waals surface area contributed by atoms with Gasteiger partial charge in [-0.05, 0) is 40.7 Å². The van der Waals surface area contributed by atoms with Crippen molar-refractivity contribution < 1.29 is 9.31 Å². The van der Waals surface area contributed by atoms with E-state index in [0.29, 0.717) is 0 Å².